The molecule has 5 heteroatoms. The minimum Gasteiger partial charge on any atom is -0.377 e. The number of rotatable bonds is 10. The molecule has 0 aromatic rings. The molecule has 0 saturated carbocycles. The fraction of sp³-hybridized carbons (Fsp3) is 1.00. The van der Waals surface area contributed by atoms with Crippen LogP contribution < -0.4 is 5.73 Å². The van der Waals surface area contributed by atoms with E-state index >= 15 is 0 Å². The van der Waals surface area contributed by atoms with Crippen LogP contribution in [0.3, 0.4) is 0 Å². The van der Waals surface area contributed by atoms with Gasteiger partial charge in [0.05, 0.1) is 0 Å². The molecule has 0 aromatic carbocycles. The lowest BCUT2D eigenvalue weighted by atomic mass is 10.3. The number of hydrogen-bond donors (Lipinski definition) is 1. The molecule has 0 bridgehead atoms. The molecule has 15 heavy (non-hydrogen) atoms. The first-order valence-corrected chi connectivity index (χ1v) is 7.62. The van der Waals surface area contributed by atoms with Gasteiger partial charge in [-0.2, -0.15) is 0 Å². The number of hydrogen-bond acceptors (Lipinski definition) is 4. The van der Waals surface area contributed by atoms with Crippen LogP contribution in [0.15, 0.2) is 0 Å². The van der Waals surface area contributed by atoms with Crippen LogP contribution in [0.5, 0.6) is 0 Å². The molecule has 0 amide bonds. The molecule has 0 saturated heterocycles. The van der Waals surface area contributed by atoms with Crippen molar-refractivity contribution >= 4 is 8.80 Å². The van der Waals surface area contributed by atoms with Gasteiger partial charge in [-0.05, 0) is 19.4 Å². The standard InChI is InChI=1S/C10H25NO3Si/c1-4-5-6-9-14-15(12-2,13-3)10-7-8-11/h4-11H2,1-3H3. The van der Waals surface area contributed by atoms with Crippen LogP contribution in [-0.2, 0) is 13.3 Å². The molecule has 0 unspecified atom stereocenters. The minimum atomic E-state index is -2.39. The maximum Gasteiger partial charge on any atom is 0.500 e. The maximum atomic E-state index is 5.77. The molecule has 0 aliphatic carbocycles. The zero-order valence-electron chi connectivity index (χ0n) is 10.3. The van der Waals surface area contributed by atoms with E-state index in [0.29, 0.717) is 6.54 Å². The van der Waals surface area contributed by atoms with Crippen molar-refractivity contribution in [1.82, 2.24) is 0 Å². The Bertz CT molecular complexity index is 143. The summed E-state index contributed by atoms with van der Waals surface area (Å²) < 4.78 is 16.6. The van der Waals surface area contributed by atoms with Crippen LogP contribution in [0, 0.1) is 0 Å². The van der Waals surface area contributed by atoms with Crippen LogP contribution in [-0.4, -0.2) is 36.2 Å². The van der Waals surface area contributed by atoms with Crippen molar-refractivity contribution in [1.29, 1.82) is 0 Å². The van der Waals surface area contributed by atoms with Gasteiger partial charge in [0, 0.05) is 26.9 Å². The van der Waals surface area contributed by atoms with Gasteiger partial charge < -0.3 is 19.0 Å². The van der Waals surface area contributed by atoms with Gasteiger partial charge in [0.2, 0.25) is 0 Å². The molecule has 92 valence electrons. The van der Waals surface area contributed by atoms with Gasteiger partial charge in [-0.25, -0.2) is 0 Å². The Hall–Kier alpha value is 0.0569. The summed E-state index contributed by atoms with van der Waals surface area (Å²) in [6.45, 7) is 3.55. The van der Waals surface area contributed by atoms with Crippen molar-refractivity contribution in [3.63, 3.8) is 0 Å². The fourth-order valence-corrected chi connectivity index (χ4v) is 3.42. The molecule has 0 aromatic heterocycles. The van der Waals surface area contributed by atoms with Gasteiger partial charge in [0.1, 0.15) is 0 Å². The second-order valence-corrected chi connectivity index (χ2v) is 6.51. The van der Waals surface area contributed by atoms with Crippen LogP contribution in [0.25, 0.3) is 0 Å². The van der Waals surface area contributed by atoms with Crippen molar-refractivity contribution < 1.29 is 13.3 Å². The highest BCUT2D eigenvalue weighted by Crippen LogP contribution is 2.16. The van der Waals surface area contributed by atoms with Crippen molar-refractivity contribution in [2.45, 2.75) is 38.7 Å². The third-order valence-corrected chi connectivity index (χ3v) is 5.23. The molecule has 0 atom stereocenters. The molecule has 2 N–H and O–H groups in total. The molecule has 0 aliphatic rings. The molecular weight excluding hydrogens is 210 g/mol. The molecule has 0 aliphatic heterocycles. The first-order chi connectivity index (χ1) is 7.24. The Morgan fingerprint density at radius 1 is 1.07 bits per heavy atom. The first kappa shape index (κ1) is 15.1. The van der Waals surface area contributed by atoms with E-state index < -0.39 is 8.80 Å². The van der Waals surface area contributed by atoms with E-state index in [4.69, 9.17) is 19.0 Å². The van der Waals surface area contributed by atoms with Gasteiger partial charge in [0.15, 0.2) is 0 Å². The highest BCUT2D eigenvalue weighted by Gasteiger charge is 2.37. The fourth-order valence-electron chi connectivity index (χ4n) is 1.38. The Morgan fingerprint density at radius 2 is 1.73 bits per heavy atom. The third kappa shape index (κ3) is 6.27. The lowest BCUT2D eigenvalue weighted by Gasteiger charge is -2.26. The predicted octanol–water partition coefficient (Wildman–Crippen LogP) is 1.77. The summed E-state index contributed by atoms with van der Waals surface area (Å²) in [6.07, 6.45) is 4.34. The molecule has 0 heterocycles. The first-order valence-electron chi connectivity index (χ1n) is 5.69. The monoisotopic (exact) mass is 235 g/mol. The van der Waals surface area contributed by atoms with Crippen molar-refractivity contribution in [2.24, 2.45) is 5.73 Å². The zero-order valence-corrected chi connectivity index (χ0v) is 11.3. The minimum absolute atomic E-state index is 0.653. The Kier molecular flexibility index (Phi) is 9.33. The average molecular weight is 235 g/mol. The zero-order chi connectivity index (χ0) is 11.6. The second-order valence-electron chi connectivity index (χ2n) is 3.54. The number of nitrogens with two attached hydrogens (primary N) is 1. The SMILES string of the molecule is CCCCCO[Si](CCCN)(OC)OC. The largest absolute Gasteiger partial charge is 0.500 e. The molecule has 0 radical (unpaired) electrons. The highest BCUT2D eigenvalue weighted by atomic mass is 28.4. The lowest BCUT2D eigenvalue weighted by Crippen LogP contribution is -2.44. The van der Waals surface area contributed by atoms with Crippen molar-refractivity contribution in [2.75, 3.05) is 27.4 Å². The van der Waals surface area contributed by atoms with E-state index in [0.717, 1.165) is 25.5 Å². The van der Waals surface area contributed by atoms with Gasteiger partial charge in [-0.3, -0.25) is 0 Å². The van der Waals surface area contributed by atoms with E-state index in [1.165, 1.54) is 12.8 Å². The lowest BCUT2D eigenvalue weighted by molar-refractivity contribution is 0.0960. The summed E-state index contributed by atoms with van der Waals surface area (Å²) in [7, 11) is 0.923. The normalized spacial score (nSPS) is 12.0. The molecule has 0 fully saturated rings. The summed E-state index contributed by atoms with van der Waals surface area (Å²) in [5, 5.41) is 0. The van der Waals surface area contributed by atoms with Crippen molar-refractivity contribution in [3.05, 3.63) is 0 Å². The van der Waals surface area contributed by atoms with Crippen molar-refractivity contribution in [3.8, 4) is 0 Å². The van der Waals surface area contributed by atoms with E-state index in [1.807, 2.05) is 0 Å². The van der Waals surface area contributed by atoms with E-state index in [2.05, 4.69) is 6.92 Å². The van der Waals surface area contributed by atoms with Crippen LogP contribution in [0.2, 0.25) is 6.04 Å². The van der Waals surface area contributed by atoms with Gasteiger partial charge in [-0.1, -0.05) is 19.8 Å². The predicted molar refractivity (Wildman–Crippen MR) is 63.7 cm³/mol. The van der Waals surface area contributed by atoms with Crippen LogP contribution in [0.1, 0.15) is 32.6 Å². The maximum absolute atomic E-state index is 5.77. The van der Waals surface area contributed by atoms with E-state index in [1.54, 1.807) is 14.2 Å². The Morgan fingerprint density at radius 3 is 2.20 bits per heavy atom. The molecule has 4 nitrogen and oxygen atoms in total. The van der Waals surface area contributed by atoms with E-state index in [-0.39, 0.29) is 0 Å². The number of unbranched alkanes of at least 4 members (excludes halogenated alkanes) is 2. The summed E-state index contributed by atoms with van der Waals surface area (Å²) >= 11 is 0. The summed E-state index contributed by atoms with van der Waals surface area (Å²) in [4.78, 5) is 0. The highest BCUT2D eigenvalue weighted by molar-refractivity contribution is 6.60. The quantitative estimate of drug-likeness (QED) is 0.463. The smallest absolute Gasteiger partial charge is 0.377 e. The van der Waals surface area contributed by atoms with Gasteiger partial charge in [0.25, 0.3) is 0 Å². The van der Waals surface area contributed by atoms with Crippen LogP contribution in [0.4, 0.5) is 0 Å². The summed E-state index contributed by atoms with van der Waals surface area (Å²) in [5.41, 5.74) is 5.48. The third-order valence-electron chi connectivity index (χ3n) is 2.38. The molecule has 0 spiro atoms. The Balaban J connectivity index is 3.88. The van der Waals surface area contributed by atoms with Gasteiger partial charge >= 0.3 is 8.80 Å². The molecular formula is C10H25NO3Si. The topological polar surface area (TPSA) is 53.7 Å². The van der Waals surface area contributed by atoms with E-state index in [9.17, 15) is 0 Å². The Labute approximate surface area is 94.5 Å². The van der Waals surface area contributed by atoms with Gasteiger partial charge in [-0.15, -0.1) is 0 Å². The summed E-state index contributed by atoms with van der Waals surface area (Å²) in [5.74, 6) is 0. The second kappa shape index (κ2) is 9.29. The molecule has 0 rings (SSSR count). The van der Waals surface area contributed by atoms with Crippen LogP contribution >= 0.6 is 0 Å². The average Bonchev–Trinajstić information content (AvgIpc) is 2.29. The summed E-state index contributed by atoms with van der Waals surface area (Å²) in [6, 6.07) is 0.808.